The largest absolute Gasteiger partial charge is 0.299 e. The predicted octanol–water partition coefficient (Wildman–Crippen LogP) is 5.99. The van der Waals surface area contributed by atoms with Crippen LogP contribution >= 0.6 is 0 Å². The lowest BCUT2D eigenvalue weighted by Gasteiger charge is -2.30. The van der Waals surface area contributed by atoms with E-state index in [2.05, 4.69) is 4.98 Å². The molecule has 2 nitrogen and oxygen atoms in total. The summed E-state index contributed by atoms with van der Waals surface area (Å²) in [6.45, 7) is 0. The van der Waals surface area contributed by atoms with Crippen molar-refractivity contribution < 1.29 is 13.6 Å². The van der Waals surface area contributed by atoms with Crippen molar-refractivity contribution in [2.45, 2.75) is 44.4 Å². The number of aromatic nitrogens is 1. The van der Waals surface area contributed by atoms with Crippen LogP contribution in [0.4, 0.5) is 8.78 Å². The molecule has 148 valence electrons. The van der Waals surface area contributed by atoms with Crippen molar-refractivity contribution in [3.8, 4) is 0 Å². The molecule has 2 saturated carbocycles. The van der Waals surface area contributed by atoms with Crippen LogP contribution < -0.4 is 0 Å². The Morgan fingerprint density at radius 3 is 2.48 bits per heavy atom. The molecule has 0 N–H and O–H groups in total. The van der Waals surface area contributed by atoms with Crippen molar-refractivity contribution in [2.75, 3.05) is 0 Å². The zero-order valence-corrected chi connectivity index (χ0v) is 16.2. The van der Waals surface area contributed by atoms with Gasteiger partial charge >= 0.3 is 0 Å². The van der Waals surface area contributed by atoms with Crippen LogP contribution in [0.5, 0.6) is 0 Å². The van der Waals surface area contributed by atoms with Crippen molar-refractivity contribution >= 4 is 16.7 Å². The Morgan fingerprint density at radius 1 is 1.00 bits per heavy atom. The number of hydrogen-bond acceptors (Lipinski definition) is 2. The minimum atomic E-state index is -0.272. The van der Waals surface area contributed by atoms with E-state index in [0.717, 1.165) is 48.6 Å². The molecule has 0 bridgehead atoms. The first kappa shape index (κ1) is 18.4. The molecule has 0 saturated heterocycles. The molecule has 0 amide bonds. The molecule has 29 heavy (non-hydrogen) atoms. The maximum absolute atomic E-state index is 13.8. The number of pyridine rings is 1. The maximum Gasteiger partial charge on any atom is 0.140 e. The van der Waals surface area contributed by atoms with Crippen LogP contribution in [0.2, 0.25) is 0 Å². The third-order valence-electron chi connectivity index (χ3n) is 7.03. The molecule has 1 atom stereocenters. The van der Waals surface area contributed by atoms with Crippen molar-refractivity contribution in [3.05, 3.63) is 77.5 Å². The van der Waals surface area contributed by atoms with Crippen molar-refractivity contribution in [3.63, 3.8) is 0 Å². The highest BCUT2D eigenvalue weighted by molar-refractivity contribution is 5.87. The highest BCUT2D eigenvalue weighted by atomic mass is 19.1. The molecule has 1 heterocycles. The Bertz CT molecular complexity index is 1070. The Balaban J connectivity index is 1.26. The smallest absolute Gasteiger partial charge is 0.140 e. The Hall–Kier alpha value is -2.62. The second kappa shape index (κ2) is 7.01. The summed E-state index contributed by atoms with van der Waals surface area (Å²) in [5.41, 5.74) is 3.06. The summed E-state index contributed by atoms with van der Waals surface area (Å²) in [6, 6.07) is 13.0. The second-order valence-corrected chi connectivity index (χ2v) is 8.72. The Morgan fingerprint density at radius 2 is 1.72 bits per heavy atom. The lowest BCUT2D eigenvalue weighted by atomic mass is 9.74. The van der Waals surface area contributed by atoms with Crippen LogP contribution in [0.3, 0.4) is 0 Å². The average molecular weight is 391 g/mol. The van der Waals surface area contributed by atoms with E-state index in [9.17, 15) is 13.6 Å². The number of hydrogen-bond donors (Lipinski definition) is 0. The summed E-state index contributed by atoms with van der Waals surface area (Å²) in [4.78, 5) is 17.1. The number of carbonyl (C=O) groups excluding carboxylic acids is 1. The molecule has 1 spiro atoms. The molecule has 2 fully saturated rings. The maximum atomic E-state index is 13.8. The molecule has 4 heteroatoms. The number of fused-ring (bicyclic) bond motifs is 1. The van der Waals surface area contributed by atoms with Crippen LogP contribution in [0.15, 0.2) is 54.7 Å². The first-order valence-electron chi connectivity index (χ1n) is 10.4. The number of Topliss-reactive ketones (excluding diaryl/α,β-unsaturated/α-hetero) is 1. The Labute approximate surface area is 169 Å². The fourth-order valence-corrected chi connectivity index (χ4v) is 5.28. The number of rotatable bonds is 4. The van der Waals surface area contributed by atoms with Crippen molar-refractivity contribution in [1.29, 1.82) is 0 Å². The standard InChI is InChI=1S/C25H23F2NO/c26-18-3-1-16(2-4-18)13-24(29)22-15-25(22)10-7-17(8-11-25)20-9-12-28-23-6-5-19(27)14-21(20)23/h1-6,9,12,14,17,22H,7-8,10-11,13,15H2. The van der Waals surface area contributed by atoms with Crippen LogP contribution in [0.1, 0.15) is 49.1 Å². The zero-order valence-electron chi connectivity index (χ0n) is 16.2. The topological polar surface area (TPSA) is 30.0 Å². The molecule has 0 aliphatic heterocycles. The van der Waals surface area contributed by atoms with Gasteiger partial charge in [-0.15, -0.1) is 0 Å². The third kappa shape index (κ3) is 3.45. The van der Waals surface area contributed by atoms with E-state index in [1.165, 1.54) is 23.8 Å². The number of halogens is 2. The van der Waals surface area contributed by atoms with Gasteiger partial charge in [0.2, 0.25) is 0 Å². The Kier molecular flexibility index (Phi) is 4.45. The normalized spacial score (nSPS) is 26.0. The number of carbonyl (C=O) groups is 1. The van der Waals surface area contributed by atoms with Gasteiger partial charge in [0, 0.05) is 23.9 Å². The van der Waals surface area contributed by atoms with Gasteiger partial charge in [0.1, 0.15) is 17.4 Å². The van der Waals surface area contributed by atoms with E-state index < -0.39 is 0 Å². The van der Waals surface area contributed by atoms with E-state index in [0.29, 0.717) is 12.3 Å². The average Bonchev–Trinajstić information content (AvgIpc) is 3.43. The first-order chi connectivity index (χ1) is 14.0. The van der Waals surface area contributed by atoms with E-state index in [4.69, 9.17) is 0 Å². The highest BCUT2D eigenvalue weighted by Gasteiger charge is 2.57. The minimum absolute atomic E-state index is 0.139. The van der Waals surface area contributed by atoms with Gasteiger partial charge in [0.15, 0.2) is 0 Å². The fraction of sp³-hybridized carbons (Fsp3) is 0.360. The summed E-state index contributed by atoms with van der Waals surface area (Å²) in [5.74, 6) is 0.312. The monoisotopic (exact) mass is 391 g/mol. The number of benzene rings is 2. The van der Waals surface area contributed by atoms with Gasteiger partial charge in [0.25, 0.3) is 0 Å². The lowest BCUT2D eigenvalue weighted by molar-refractivity contribution is -0.120. The minimum Gasteiger partial charge on any atom is -0.299 e. The second-order valence-electron chi connectivity index (χ2n) is 8.72. The number of nitrogens with zero attached hydrogens (tertiary/aromatic N) is 1. The summed E-state index contributed by atoms with van der Waals surface area (Å²) >= 11 is 0. The van der Waals surface area contributed by atoms with Crippen LogP contribution in [-0.4, -0.2) is 10.8 Å². The van der Waals surface area contributed by atoms with E-state index in [-0.39, 0.29) is 28.8 Å². The van der Waals surface area contributed by atoms with Gasteiger partial charge in [-0.3, -0.25) is 9.78 Å². The zero-order chi connectivity index (χ0) is 20.0. The summed E-state index contributed by atoms with van der Waals surface area (Å²) in [5, 5.41) is 0.910. The molecule has 0 radical (unpaired) electrons. The molecule has 5 rings (SSSR count). The molecule has 2 aromatic carbocycles. The first-order valence-corrected chi connectivity index (χ1v) is 10.4. The van der Waals surface area contributed by atoms with Crippen LogP contribution in [-0.2, 0) is 11.2 Å². The van der Waals surface area contributed by atoms with Crippen molar-refractivity contribution in [2.24, 2.45) is 11.3 Å². The fourth-order valence-electron chi connectivity index (χ4n) is 5.28. The van der Waals surface area contributed by atoms with Crippen LogP contribution in [0.25, 0.3) is 10.9 Å². The highest BCUT2D eigenvalue weighted by Crippen LogP contribution is 2.63. The molecule has 1 aromatic heterocycles. The van der Waals surface area contributed by atoms with E-state index in [1.807, 2.05) is 12.3 Å². The predicted molar refractivity (Wildman–Crippen MR) is 109 cm³/mol. The molecular formula is C25H23F2NO. The molecular weight excluding hydrogens is 368 g/mol. The summed E-state index contributed by atoms with van der Waals surface area (Å²) < 4.78 is 26.8. The van der Waals surface area contributed by atoms with E-state index in [1.54, 1.807) is 24.3 Å². The van der Waals surface area contributed by atoms with E-state index >= 15 is 0 Å². The molecule has 2 aliphatic rings. The van der Waals surface area contributed by atoms with Gasteiger partial charge in [-0.2, -0.15) is 0 Å². The quantitative estimate of drug-likeness (QED) is 0.547. The molecule has 1 unspecified atom stereocenters. The molecule has 2 aliphatic carbocycles. The van der Waals surface area contributed by atoms with Crippen LogP contribution in [0, 0.1) is 23.0 Å². The van der Waals surface area contributed by atoms with Gasteiger partial charge in [-0.05, 0) is 91.0 Å². The van der Waals surface area contributed by atoms with Gasteiger partial charge < -0.3 is 0 Å². The third-order valence-corrected chi connectivity index (χ3v) is 7.03. The van der Waals surface area contributed by atoms with Crippen molar-refractivity contribution in [1.82, 2.24) is 4.98 Å². The lowest BCUT2D eigenvalue weighted by Crippen LogP contribution is -2.20. The van der Waals surface area contributed by atoms with Gasteiger partial charge in [0.05, 0.1) is 5.52 Å². The summed E-state index contributed by atoms with van der Waals surface area (Å²) in [7, 11) is 0. The van der Waals surface area contributed by atoms with Gasteiger partial charge in [-0.1, -0.05) is 12.1 Å². The SMILES string of the molecule is O=C(Cc1ccc(F)cc1)C1CC12CCC(c1ccnc3ccc(F)cc13)CC2. The van der Waals surface area contributed by atoms with Gasteiger partial charge in [-0.25, -0.2) is 8.78 Å². The number of ketones is 1. The molecule has 3 aromatic rings. The summed E-state index contributed by atoms with van der Waals surface area (Å²) in [6.07, 6.45) is 7.31.